The van der Waals surface area contributed by atoms with Gasteiger partial charge in [0.2, 0.25) is 15.0 Å². The van der Waals surface area contributed by atoms with Crippen LogP contribution in [0.15, 0.2) is 65.8 Å². The molecule has 0 bridgehead atoms. The third-order valence-electron chi connectivity index (χ3n) is 5.61. The molecule has 1 aliphatic heterocycles. The van der Waals surface area contributed by atoms with Crippen molar-refractivity contribution in [1.82, 2.24) is 14.5 Å². The Bertz CT molecular complexity index is 1250. The van der Waals surface area contributed by atoms with Gasteiger partial charge in [0.15, 0.2) is 0 Å². The summed E-state index contributed by atoms with van der Waals surface area (Å²) in [6.45, 7) is 5.09. The van der Waals surface area contributed by atoms with Crippen molar-refractivity contribution in [2.75, 3.05) is 13.2 Å². The molecule has 0 aliphatic carbocycles. The second-order valence-electron chi connectivity index (χ2n) is 8.08. The first-order valence-corrected chi connectivity index (χ1v) is 13.5. The van der Waals surface area contributed by atoms with Crippen molar-refractivity contribution in [2.24, 2.45) is 0 Å². The van der Waals surface area contributed by atoms with Gasteiger partial charge in [-0.1, -0.05) is 30.3 Å². The van der Waals surface area contributed by atoms with Crippen LogP contribution in [0, 0.1) is 5.82 Å². The molecule has 0 saturated carbocycles. The minimum atomic E-state index is -3.96. The SMILES string of the molecule is C=CCN(Cc1cnc(S(=O)(=O)Cc2ccccc2F)n1C[C@H]1CCCO1)C(=O)c1cccs1. The smallest absolute Gasteiger partial charge is 0.264 e. The van der Waals surface area contributed by atoms with Crippen molar-refractivity contribution in [3.8, 4) is 0 Å². The lowest BCUT2D eigenvalue weighted by atomic mass is 10.2. The summed E-state index contributed by atoms with van der Waals surface area (Å²) in [5.74, 6) is -1.26. The molecule has 3 aromatic rings. The molecule has 1 saturated heterocycles. The van der Waals surface area contributed by atoms with Gasteiger partial charge in [-0.15, -0.1) is 17.9 Å². The van der Waals surface area contributed by atoms with Crippen molar-refractivity contribution in [2.45, 2.75) is 42.9 Å². The van der Waals surface area contributed by atoms with E-state index < -0.39 is 21.4 Å². The quantitative estimate of drug-likeness (QED) is 0.390. The maximum Gasteiger partial charge on any atom is 0.264 e. The van der Waals surface area contributed by atoms with Crippen LogP contribution in [0.2, 0.25) is 0 Å². The molecule has 1 atom stereocenters. The van der Waals surface area contributed by atoms with Crippen molar-refractivity contribution >= 4 is 27.1 Å². The molecule has 10 heteroatoms. The van der Waals surface area contributed by atoms with Crippen LogP contribution in [-0.4, -0.2) is 48.0 Å². The number of carbonyl (C=O) groups is 1. The number of ether oxygens (including phenoxy) is 1. The zero-order chi connectivity index (χ0) is 24.1. The number of nitrogens with zero attached hydrogens (tertiary/aromatic N) is 3. The highest BCUT2D eigenvalue weighted by Crippen LogP contribution is 2.24. The van der Waals surface area contributed by atoms with Crippen LogP contribution in [0.3, 0.4) is 0 Å². The Morgan fingerprint density at radius 1 is 1.32 bits per heavy atom. The third kappa shape index (κ3) is 5.45. The van der Waals surface area contributed by atoms with Crippen LogP contribution in [0.5, 0.6) is 0 Å². The van der Waals surface area contributed by atoms with Gasteiger partial charge in [-0.2, -0.15) is 0 Å². The normalized spacial score (nSPS) is 16.0. The number of carbonyl (C=O) groups excluding carboxylic acids is 1. The van der Waals surface area contributed by atoms with Crippen molar-refractivity contribution in [3.63, 3.8) is 0 Å². The molecule has 3 heterocycles. The van der Waals surface area contributed by atoms with Gasteiger partial charge in [0.25, 0.3) is 5.91 Å². The maximum atomic E-state index is 14.2. The average Bonchev–Trinajstić information content (AvgIpc) is 3.58. The molecular formula is C24H26FN3O4S2. The summed E-state index contributed by atoms with van der Waals surface area (Å²) in [4.78, 5) is 19.4. The Kier molecular flexibility index (Phi) is 7.60. The van der Waals surface area contributed by atoms with Gasteiger partial charge in [0.05, 0.1) is 41.7 Å². The Morgan fingerprint density at radius 3 is 2.82 bits per heavy atom. The van der Waals surface area contributed by atoms with Crippen LogP contribution < -0.4 is 0 Å². The van der Waals surface area contributed by atoms with Crippen LogP contribution >= 0.6 is 11.3 Å². The molecule has 0 spiro atoms. The molecule has 1 aromatic carbocycles. The van der Waals surface area contributed by atoms with Crippen molar-refractivity contribution < 1.29 is 22.3 Å². The number of imidazole rings is 1. The van der Waals surface area contributed by atoms with E-state index in [1.54, 1.807) is 33.7 Å². The van der Waals surface area contributed by atoms with Crippen LogP contribution in [0.4, 0.5) is 4.39 Å². The van der Waals surface area contributed by atoms with E-state index in [-0.39, 0.29) is 35.8 Å². The molecule has 0 radical (unpaired) electrons. The Labute approximate surface area is 202 Å². The number of hydrogen-bond acceptors (Lipinski definition) is 6. The summed E-state index contributed by atoms with van der Waals surface area (Å²) in [5.41, 5.74) is 0.645. The Balaban J connectivity index is 1.67. The second kappa shape index (κ2) is 10.6. The van der Waals surface area contributed by atoms with Gasteiger partial charge in [-0.25, -0.2) is 17.8 Å². The number of thiophene rings is 1. The van der Waals surface area contributed by atoms with Gasteiger partial charge in [0.1, 0.15) is 5.82 Å². The van der Waals surface area contributed by atoms with E-state index in [0.29, 0.717) is 23.7 Å². The van der Waals surface area contributed by atoms with Gasteiger partial charge in [-0.3, -0.25) is 4.79 Å². The molecule has 4 rings (SSSR count). The monoisotopic (exact) mass is 503 g/mol. The van der Waals surface area contributed by atoms with Crippen molar-refractivity contribution in [1.29, 1.82) is 0 Å². The average molecular weight is 504 g/mol. The number of aromatic nitrogens is 2. The van der Waals surface area contributed by atoms with E-state index >= 15 is 0 Å². The number of halogens is 1. The first kappa shape index (κ1) is 24.3. The van der Waals surface area contributed by atoms with E-state index in [2.05, 4.69) is 11.6 Å². The van der Waals surface area contributed by atoms with Crippen LogP contribution in [-0.2, 0) is 33.4 Å². The highest BCUT2D eigenvalue weighted by Gasteiger charge is 2.29. The van der Waals surface area contributed by atoms with Gasteiger partial charge < -0.3 is 14.2 Å². The second-order valence-corrected chi connectivity index (χ2v) is 10.9. The zero-order valence-electron chi connectivity index (χ0n) is 18.6. The fourth-order valence-electron chi connectivity index (χ4n) is 3.97. The number of rotatable bonds is 10. The molecule has 7 nitrogen and oxygen atoms in total. The predicted molar refractivity (Wildman–Crippen MR) is 128 cm³/mol. The van der Waals surface area contributed by atoms with Gasteiger partial charge in [-0.05, 0) is 30.4 Å². The first-order chi connectivity index (χ1) is 16.4. The van der Waals surface area contributed by atoms with Gasteiger partial charge in [0, 0.05) is 18.7 Å². The fourth-order valence-corrected chi connectivity index (χ4v) is 6.17. The van der Waals surface area contributed by atoms with Crippen molar-refractivity contribution in [3.05, 3.63) is 82.6 Å². The summed E-state index contributed by atoms with van der Waals surface area (Å²) in [7, 11) is -3.96. The molecule has 180 valence electrons. The topological polar surface area (TPSA) is 81.5 Å². The molecular weight excluding hydrogens is 477 g/mol. The Hall–Kier alpha value is -2.82. The lowest BCUT2D eigenvalue weighted by Gasteiger charge is -2.22. The van der Waals surface area contributed by atoms with E-state index in [9.17, 15) is 17.6 Å². The largest absolute Gasteiger partial charge is 0.376 e. The molecule has 0 unspecified atom stereocenters. The minimum absolute atomic E-state index is 0.0804. The number of sulfone groups is 1. The van der Waals surface area contributed by atoms with E-state index in [1.165, 1.54) is 35.7 Å². The highest BCUT2D eigenvalue weighted by molar-refractivity contribution is 7.90. The maximum absolute atomic E-state index is 14.2. The lowest BCUT2D eigenvalue weighted by Crippen LogP contribution is -2.32. The molecule has 0 N–H and O–H groups in total. The number of amides is 1. The zero-order valence-corrected chi connectivity index (χ0v) is 20.2. The summed E-state index contributed by atoms with van der Waals surface area (Å²) in [5, 5.41) is 1.68. The fraction of sp³-hybridized carbons (Fsp3) is 0.333. The van der Waals surface area contributed by atoms with E-state index in [4.69, 9.17) is 4.74 Å². The van der Waals surface area contributed by atoms with E-state index in [1.807, 2.05) is 5.38 Å². The highest BCUT2D eigenvalue weighted by atomic mass is 32.2. The minimum Gasteiger partial charge on any atom is -0.376 e. The van der Waals surface area contributed by atoms with Gasteiger partial charge >= 0.3 is 0 Å². The molecule has 2 aromatic heterocycles. The summed E-state index contributed by atoms with van der Waals surface area (Å²) in [6, 6.07) is 9.35. The van der Waals surface area contributed by atoms with Crippen LogP contribution in [0.25, 0.3) is 0 Å². The summed E-state index contributed by atoms with van der Waals surface area (Å²) < 4.78 is 48.1. The predicted octanol–water partition coefficient (Wildman–Crippen LogP) is 4.07. The number of hydrogen-bond donors (Lipinski definition) is 0. The molecule has 1 fully saturated rings. The standard InChI is InChI=1S/C24H26FN3O4S2/c1-2-11-27(23(29)22-10-6-13-33-22)15-19-14-26-24(28(19)16-20-8-5-12-32-20)34(30,31)17-18-7-3-4-9-21(18)25/h2-4,6-7,9-10,13-14,20H,1,5,8,11-12,15-17H2/t20-/m1/s1. The number of benzene rings is 1. The first-order valence-electron chi connectivity index (χ1n) is 10.9. The Morgan fingerprint density at radius 2 is 2.15 bits per heavy atom. The summed E-state index contributed by atoms with van der Waals surface area (Å²) in [6.07, 6.45) is 4.64. The summed E-state index contributed by atoms with van der Waals surface area (Å²) >= 11 is 1.34. The lowest BCUT2D eigenvalue weighted by molar-refractivity contribution is 0.0756. The molecule has 1 aliphatic rings. The molecule has 34 heavy (non-hydrogen) atoms. The molecule has 1 amide bonds. The third-order valence-corrected chi connectivity index (χ3v) is 8.05. The van der Waals surface area contributed by atoms with Crippen LogP contribution in [0.1, 0.15) is 33.8 Å². The van der Waals surface area contributed by atoms with E-state index in [0.717, 1.165) is 12.8 Å².